The minimum absolute atomic E-state index is 0.405. The lowest BCUT2D eigenvalue weighted by atomic mass is 10.2. The number of benzene rings is 2. The maximum Gasteiger partial charge on any atom is 0.124 e. The van der Waals surface area contributed by atoms with Crippen molar-refractivity contribution in [1.29, 1.82) is 0 Å². The molecule has 19 heavy (non-hydrogen) atoms. The second-order valence-corrected chi connectivity index (χ2v) is 4.53. The zero-order valence-corrected chi connectivity index (χ0v) is 11.5. The minimum atomic E-state index is 0.405. The Morgan fingerprint density at radius 3 is 2.68 bits per heavy atom. The molecule has 0 bridgehead atoms. The van der Waals surface area contributed by atoms with Gasteiger partial charge in [-0.05, 0) is 35.9 Å². The molecule has 3 nitrogen and oxygen atoms in total. The van der Waals surface area contributed by atoms with E-state index in [9.17, 15) is 0 Å². The highest BCUT2D eigenvalue weighted by molar-refractivity contribution is 6.30. The van der Waals surface area contributed by atoms with Gasteiger partial charge in [-0.25, -0.2) is 0 Å². The van der Waals surface area contributed by atoms with Gasteiger partial charge in [0.15, 0.2) is 0 Å². The maximum absolute atomic E-state index is 5.93. The summed E-state index contributed by atoms with van der Waals surface area (Å²) in [7, 11) is 1.63. The molecule has 0 aromatic heterocycles. The van der Waals surface area contributed by atoms with E-state index in [-0.39, 0.29) is 0 Å². The summed E-state index contributed by atoms with van der Waals surface area (Å²) in [6, 6.07) is 13.2. The van der Waals surface area contributed by atoms with Gasteiger partial charge in [-0.2, -0.15) is 0 Å². The fraction of sp³-hybridized carbons (Fsp3) is 0.200. The van der Waals surface area contributed by atoms with Gasteiger partial charge in [0.1, 0.15) is 18.1 Å². The molecule has 0 fully saturated rings. The largest absolute Gasteiger partial charge is 0.497 e. The van der Waals surface area contributed by atoms with Crippen molar-refractivity contribution in [3.63, 3.8) is 0 Å². The van der Waals surface area contributed by atoms with Crippen LogP contribution in [0.5, 0.6) is 11.5 Å². The summed E-state index contributed by atoms with van der Waals surface area (Å²) in [4.78, 5) is 0. The van der Waals surface area contributed by atoms with Crippen molar-refractivity contribution in [1.82, 2.24) is 0 Å². The van der Waals surface area contributed by atoms with Crippen LogP contribution in [0.15, 0.2) is 42.5 Å². The second kappa shape index (κ2) is 6.45. The fourth-order valence-electron chi connectivity index (χ4n) is 1.77. The number of halogens is 1. The van der Waals surface area contributed by atoms with Crippen molar-refractivity contribution in [2.75, 3.05) is 7.11 Å². The topological polar surface area (TPSA) is 44.5 Å². The Balaban J connectivity index is 2.11. The Hall–Kier alpha value is -1.71. The molecule has 2 N–H and O–H groups in total. The molecule has 0 saturated heterocycles. The summed E-state index contributed by atoms with van der Waals surface area (Å²) in [6.07, 6.45) is 0. The lowest BCUT2D eigenvalue weighted by Crippen LogP contribution is -2.03. The molecule has 0 aliphatic rings. The summed E-state index contributed by atoms with van der Waals surface area (Å²) >= 11 is 5.93. The van der Waals surface area contributed by atoms with E-state index in [0.29, 0.717) is 18.2 Å². The molecule has 4 heteroatoms. The lowest BCUT2D eigenvalue weighted by molar-refractivity contribution is 0.302. The molecule has 0 heterocycles. The van der Waals surface area contributed by atoms with E-state index < -0.39 is 0 Å². The predicted octanol–water partition coefficient (Wildman–Crippen LogP) is 3.39. The molecule has 0 amide bonds. The quantitative estimate of drug-likeness (QED) is 0.911. The van der Waals surface area contributed by atoms with Crippen LogP contribution < -0.4 is 15.2 Å². The highest BCUT2D eigenvalue weighted by Gasteiger charge is 2.05. The number of hydrogen-bond donors (Lipinski definition) is 1. The first-order chi connectivity index (χ1) is 9.22. The molecule has 0 spiro atoms. The molecule has 2 aromatic carbocycles. The molecule has 0 radical (unpaired) electrons. The van der Waals surface area contributed by atoms with Crippen molar-refractivity contribution in [3.8, 4) is 11.5 Å². The zero-order chi connectivity index (χ0) is 13.7. The number of nitrogens with two attached hydrogens (primary N) is 1. The molecular formula is C15H16ClNO2. The fourth-order valence-corrected chi connectivity index (χ4v) is 1.98. The lowest BCUT2D eigenvalue weighted by Gasteiger charge is -2.12. The Morgan fingerprint density at radius 2 is 2.00 bits per heavy atom. The first kappa shape index (κ1) is 13.7. The molecule has 0 atom stereocenters. The molecule has 0 saturated carbocycles. The second-order valence-electron chi connectivity index (χ2n) is 4.10. The summed E-state index contributed by atoms with van der Waals surface area (Å²) in [5, 5.41) is 0.704. The Morgan fingerprint density at radius 1 is 1.16 bits per heavy atom. The molecule has 2 rings (SSSR count). The smallest absolute Gasteiger partial charge is 0.124 e. The van der Waals surface area contributed by atoms with Crippen LogP contribution in [0.3, 0.4) is 0 Å². The third-order valence-corrected chi connectivity index (χ3v) is 3.01. The number of ether oxygens (including phenoxy) is 2. The molecular weight excluding hydrogens is 262 g/mol. The number of hydrogen-bond acceptors (Lipinski definition) is 3. The van der Waals surface area contributed by atoms with E-state index in [0.717, 1.165) is 22.6 Å². The Labute approximate surface area is 117 Å². The Bertz CT molecular complexity index is 558. The third-order valence-electron chi connectivity index (χ3n) is 2.77. The number of methoxy groups -OCH3 is 1. The van der Waals surface area contributed by atoms with Crippen molar-refractivity contribution in [2.24, 2.45) is 5.73 Å². The summed E-state index contributed by atoms with van der Waals surface area (Å²) in [5.74, 6) is 1.54. The van der Waals surface area contributed by atoms with Crippen LogP contribution in [0, 0.1) is 0 Å². The molecule has 0 aliphatic carbocycles. The van der Waals surface area contributed by atoms with Crippen LogP contribution in [-0.2, 0) is 13.2 Å². The maximum atomic E-state index is 5.93. The van der Waals surface area contributed by atoms with Crippen LogP contribution in [0.2, 0.25) is 5.02 Å². The van der Waals surface area contributed by atoms with Crippen LogP contribution >= 0.6 is 11.6 Å². The first-order valence-corrected chi connectivity index (χ1v) is 6.35. The van der Waals surface area contributed by atoms with E-state index in [1.807, 2.05) is 42.5 Å². The minimum Gasteiger partial charge on any atom is -0.497 e. The van der Waals surface area contributed by atoms with Gasteiger partial charge < -0.3 is 15.2 Å². The van der Waals surface area contributed by atoms with E-state index in [4.69, 9.17) is 26.8 Å². The summed E-state index contributed by atoms with van der Waals surface area (Å²) < 4.78 is 10.9. The number of rotatable bonds is 5. The summed E-state index contributed by atoms with van der Waals surface area (Å²) in [5.41, 5.74) is 7.65. The van der Waals surface area contributed by atoms with E-state index >= 15 is 0 Å². The summed E-state index contributed by atoms with van der Waals surface area (Å²) in [6.45, 7) is 0.863. The molecule has 2 aromatic rings. The monoisotopic (exact) mass is 277 g/mol. The van der Waals surface area contributed by atoms with Crippen LogP contribution in [0.4, 0.5) is 0 Å². The van der Waals surface area contributed by atoms with E-state index in [2.05, 4.69) is 0 Å². The zero-order valence-electron chi connectivity index (χ0n) is 10.7. The highest BCUT2D eigenvalue weighted by Crippen LogP contribution is 2.24. The van der Waals surface area contributed by atoms with Gasteiger partial charge in [0.25, 0.3) is 0 Å². The van der Waals surface area contributed by atoms with Crippen molar-refractivity contribution in [2.45, 2.75) is 13.2 Å². The van der Waals surface area contributed by atoms with Crippen molar-refractivity contribution < 1.29 is 9.47 Å². The van der Waals surface area contributed by atoms with Gasteiger partial charge >= 0.3 is 0 Å². The van der Waals surface area contributed by atoms with Gasteiger partial charge in [-0.3, -0.25) is 0 Å². The highest BCUT2D eigenvalue weighted by atomic mass is 35.5. The normalized spacial score (nSPS) is 10.3. The van der Waals surface area contributed by atoms with E-state index in [1.54, 1.807) is 7.11 Å². The van der Waals surface area contributed by atoms with Crippen molar-refractivity contribution >= 4 is 11.6 Å². The predicted molar refractivity (Wildman–Crippen MR) is 76.7 cm³/mol. The van der Waals surface area contributed by atoms with Gasteiger partial charge in [-0.1, -0.05) is 23.7 Å². The Kier molecular flexibility index (Phi) is 4.66. The molecule has 0 aliphatic heterocycles. The average molecular weight is 278 g/mol. The van der Waals surface area contributed by atoms with Gasteiger partial charge in [0.05, 0.1) is 7.11 Å². The molecule has 100 valence electrons. The van der Waals surface area contributed by atoms with Gasteiger partial charge in [0, 0.05) is 17.1 Å². The van der Waals surface area contributed by atoms with E-state index in [1.165, 1.54) is 0 Å². The third kappa shape index (κ3) is 3.63. The van der Waals surface area contributed by atoms with Gasteiger partial charge in [-0.15, -0.1) is 0 Å². The standard InChI is InChI=1S/C15H16ClNO2/c1-18-14-5-6-15(12(8-14)9-17)19-10-11-3-2-4-13(16)7-11/h2-8H,9-10,17H2,1H3. The molecule has 0 unspecified atom stereocenters. The van der Waals surface area contributed by atoms with Crippen LogP contribution in [0.1, 0.15) is 11.1 Å². The SMILES string of the molecule is COc1ccc(OCc2cccc(Cl)c2)c(CN)c1. The van der Waals surface area contributed by atoms with Crippen LogP contribution in [-0.4, -0.2) is 7.11 Å². The van der Waals surface area contributed by atoms with Crippen molar-refractivity contribution in [3.05, 3.63) is 58.6 Å². The first-order valence-electron chi connectivity index (χ1n) is 5.97. The average Bonchev–Trinajstić information content (AvgIpc) is 2.45. The van der Waals surface area contributed by atoms with Crippen LogP contribution in [0.25, 0.3) is 0 Å². The van der Waals surface area contributed by atoms with Gasteiger partial charge in [0.2, 0.25) is 0 Å².